The Hall–Kier alpha value is -0.820. The van der Waals surface area contributed by atoms with E-state index in [4.69, 9.17) is 0 Å². The summed E-state index contributed by atoms with van der Waals surface area (Å²) in [5.41, 5.74) is 3.10. The van der Waals surface area contributed by atoms with Crippen LogP contribution in [0.1, 0.15) is 56.7 Å². The van der Waals surface area contributed by atoms with E-state index in [0.29, 0.717) is 6.04 Å². The molecule has 0 aliphatic heterocycles. The summed E-state index contributed by atoms with van der Waals surface area (Å²) in [6.07, 6.45) is 6.48. The predicted octanol–water partition coefficient (Wildman–Crippen LogP) is 4.09. The Balaban J connectivity index is 1.99. The van der Waals surface area contributed by atoms with Gasteiger partial charge in [0.15, 0.2) is 0 Å². The largest absolute Gasteiger partial charge is 0.310 e. The van der Waals surface area contributed by atoms with E-state index in [1.807, 2.05) is 0 Å². The number of aryl methyl sites for hydroxylation is 1. The van der Waals surface area contributed by atoms with Crippen molar-refractivity contribution in [3.63, 3.8) is 0 Å². The van der Waals surface area contributed by atoms with E-state index in [-0.39, 0.29) is 0 Å². The van der Waals surface area contributed by atoms with Crippen molar-refractivity contribution in [1.29, 1.82) is 0 Å². The van der Waals surface area contributed by atoms with Crippen molar-refractivity contribution in [2.45, 2.75) is 52.0 Å². The molecule has 1 aliphatic rings. The molecule has 1 N–H and O–H groups in total. The zero-order valence-electron chi connectivity index (χ0n) is 11.2. The lowest BCUT2D eigenvalue weighted by atomic mass is 9.87. The summed E-state index contributed by atoms with van der Waals surface area (Å²) >= 11 is 0. The molecule has 0 aromatic heterocycles. The Morgan fingerprint density at radius 3 is 2.76 bits per heavy atom. The van der Waals surface area contributed by atoms with Gasteiger partial charge in [-0.1, -0.05) is 51.0 Å². The first-order chi connectivity index (χ1) is 8.35. The molecule has 1 nitrogen and oxygen atoms in total. The van der Waals surface area contributed by atoms with E-state index < -0.39 is 0 Å². The highest BCUT2D eigenvalue weighted by molar-refractivity contribution is 5.32. The monoisotopic (exact) mass is 231 g/mol. The number of hydrogen-bond acceptors (Lipinski definition) is 1. The average Bonchev–Trinajstić information content (AvgIpc) is 2.40. The minimum absolute atomic E-state index is 0.598. The third-order valence-corrected chi connectivity index (χ3v) is 4.18. The molecule has 0 heterocycles. The van der Waals surface area contributed by atoms with E-state index >= 15 is 0 Å². The second-order valence-electron chi connectivity index (χ2n) is 5.23. The molecule has 1 unspecified atom stereocenters. The highest BCUT2D eigenvalue weighted by atomic mass is 14.9. The predicted molar refractivity (Wildman–Crippen MR) is 74.2 cm³/mol. The van der Waals surface area contributed by atoms with Crippen molar-refractivity contribution in [2.75, 3.05) is 6.54 Å². The molecule has 2 rings (SSSR count). The van der Waals surface area contributed by atoms with Gasteiger partial charge in [-0.05, 0) is 42.9 Å². The van der Waals surface area contributed by atoms with Crippen molar-refractivity contribution < 1.29 is 0 Å². The Bertz CT molecular complexity index is 341. The third-order valence-electron chi connectivity index (χ3n) is 4.18. The minimum atomic E-state index is 0.598. The Labute approximate surface area is 106 Å². The lowest BCUT2D eigenvalue weighted by molar-refractivity contribution is 0.386. The molecule has 17 heavy (non-hydrogen) atoms. The summed E-state index contributed by atoms with van der Waals surface area (Å²) in [7, 11) is 0. The quantitative estimate of drug-likeness (QED) is 0.805. The van der Waals surface area contributed by atoms with E-state index in [1.165, 1.54) is 38.6 Å². The molecule has 1 atom stereocenters. The molecule has 0 radical (unpaired) electrons. The SMILES string of the molecule is CCC(CC)CNC1CCCc2ccccc21. The molecular weight excluding hydrogens is 206 g/mol. The smallest absolute Gasteiger partial charge is 0.0323 e. The van der Waals surface area contributed by atoms with Crippen LogP contribution in [0, 0.1) is 5.92 Å². The number of fused-ring (bicyclic) bond motifs is 1. The van der Waals surface area contributed by atoms with Crippen molar-refractivity contribution in [2.24, 2.45) is 5.92 Å². The van der Waals surface area contributed by atoms with Crippen LogP contribution in [0.5, 0.6) is 0 Å². The molecular formula is C16H25N. The zero-order valence-corrected chi connectivity index (χ0v) is 11.2. The van der Waals surface area contributed by atoms with Gasteiger partial charge in [-0.15, -0.1) is 0 Å². The van der Waals surface area contributed by atoms with Gasteiger partial charge in [0.1, 0.15) is 0 Å². The Kier molecular flexibility index (Phi) is 4.61. The summed E-state index contributed by atoms with van der Waals surface area (Å²) in [6, 6.07) is 9.54. The van der Waals surface area contributed by atoms with E-state index in [1.54, 1.807) is 11.1 Å². The van der Waals surface area contributed by atoms with Crippen molar-refractivity contribution in [1.82, 2.24) is 5.32 Å². The van der Waals surface area contributed by atoms with Gasteiger partial charge >= 0.3 is 0 Å². The van der Waals surface area contributed by atoms with Gasteiger partial charge < -0.3 is 5.32 Å². The summed E-state index contributed by atoms with van der Waals surface area (Å²) in [4.78, 5) is 0. The summed E-state index contributed by atoms with van der Waals surface area (Å²) in [6.45, 7) is 5.77. The second kappa shape index (κ2) is 6.20. The van der Waals surface area contributed by atoms with Crippen LogP contribution >= 0.6 is 0 Å². The molecule has 0 bridgehead atoms. The number of rotatable bonds is 5. The normalized spacial score (nSPS) is 19.4. The number of benzene rings is 1. The Morgan fingerprint density at radius 2 is 2.00 bits per heavy atom. The van der Waals surface area contributed by atoms with E-state index in [2.05, 4.69) is 43.4 Å². The van der Waals surface area contributed by atoms with E-state index in [9.17, 15) is 0 Å². The summed E-state index contributed by atoms with van der Waals surface area (Å²) in [5.74, 6) is 0.837. The van der Waals surface area contributed by atoms with Crippen LogP contribution in [0.25, 0.3) is 0 Å². The topological polar surface area (TPSA) is 12.0 Å². The first-order valence-electron chi connectivity index (χ1n) is 7.16. The molecule has 0 saturated heterocycles. The fourth-order valence-corrected chi connectivity index (χ4v) is 2.85. The summed E-state index contributed by atoms with van der Waals surface area (Å²) < 4.78 is 0. The summed E-state index contributed by atoms with van der Waals surface area (Å²) in [5, 5.41) is 3.78. The fraction of sp³-hybridized carbons (Fsp3) is 0.625. The third kappa shape index (κ3) is 3.10. The molecule has 0 amide bonds. The van der Waals surface area contributed by atoms with Crippen LogP contribution in [-0.4, -0.2) is 6.54 Å². The molecule has 94 valence electrons. The van der Waals surface area contributed by atoms with E-state index in [0.717, 1.165) is 5.92 Å². The van der Waals surface area contributed by atoms with Gasteiger partial charge in [0.25, 0.3) is 0 Å². The highest BCUT2D eigenvalue weighted by Crippen LogP contribution is 2.29. The molecule has 0 spiro atoms. The van der Waals surface area contributed by atoms with Crippen molar-refractivity contribution in [3.8, 4) is 0 Å². The molecule has 1 heteroatoms. The first-order valence-corrected chi connectivity index (χ1v) is 7.16. The van der Waals surface area contributed by atoms with Gasteiger partial charge in [-0.25, -0.2) is 0 Å². The maximum Gasteiger partial charge on any atom is 0.0323 e. The second-order valence-corrected chi connectivity index (χ2v) is 5.23. The van der Waals surface area contributed by atoms with Crippen LogP contribution in [-0.2, 0) is 6.42 Å². The van der Waals surface area contributed by atoms with Crippen LogP contribution in [0.15, 0.2) is 24.3 Å². The first kappa shape index (κ1) is 12.6. The lowest BCUT2D eigenvalue weighted by Gasteiger charge is -2.28. The molecule has 0 fully saturated rings. The molecule has 1 aromatic carbocycles. The van der Waals surface area contributed by atoms with Crippen LogP contribution in [0.3, 0.4) is 0 Å². The van der Waals surface area contributed by atoms with Gasteiger partial charge in [-0.2, -0.15) is 0 Å². The molecule has 0 saturated carbocycles. The molecule has 1 aromatic rings. The number of nitrogens with one attached hydrogen (secondary N) is 1. The van der Waals surface area contributed by atoms with Gasteiger partial charge in [0.2, 0.25) is 0 Å². The average molecular weight is 231 g/mol. The van der Waals surface area contributed by atoms with Crippen LogP contribution < -0.4 is 5.32 Å². The zero-order chi connectivity index (χ0) is 12.1. The number of hydrogen-bond donors (Lipinski definition) is 1. The van der Waals surface area contributed by atoms with Gasteiger partial charge in [-0.3, -0.25) is 0 Å². The van der Waals surface area contributed by atoms with Crippen molar-refractivity contribution in [3.05, 3.63) is 35.4 Å². The molecule has 1 aliphatic carbocycles. The lowest BCUT2D eigenvalue weighted by Crippen LogP contribution is -2.29. The van der Waals surface area contributed by atoms with Crippen LogP contribution in [0.2, 0.25) is 0 Å². The maximum absolute atomic E-state index is 3.78. The maximum atomic E-state index is 3.78. The highest BCUT2D eigenvalue weighted by Gasteiger charge is 2.19. The van der Waals surface area contributed by atoms with Crippen molar-refractivity contribution >= 4 is 0 Å². The standard InChI is InChI=1S/C16H25N/c1-3-13(4-2)12-17-16-11-7-9-14-8-5-6-10-15(14)16/h5-6,8,10,13,16-17H,3-4,7,9,11-12H2,1-2H3. The minimum Gasteiger partial charge on any atom is -0.310 e. The van der Waals surface area contributed by atoms with Gasteiger partial charge in [0, 0.05) is 6.04 Å². The Morgan fingerprint density at radius 1 is 1.24 bits per heavy atom. The van der Waals surface area contributed by atoms with Crippen LogP contribution in [0.4, 0.5) is 0 Å². The van der Waals surface area contributed by atoms with Gasteiger partial charge in [0.05, 0.1) is 0 Å². The fourth-order valence-electron chi connectivity index (χ4n) is 2.85.